The first-order valence-corrected chi connectivity index (χ1v) is 10.5. The summed E-state index contributed by atoms with van der Waals surface area (Å²) in [6.07, 6.45) is 13.2. The van der Waals surface area contributed by atoms with Crippen LogP contribution in [-0.2, 0) is 17.8 Å². The molecule has 4 heteroatoms. The fraction of sp³-hybridized carbons (Fsp3) is 0.524. The molecule has 2 rings (SSSR count). The number of benzene rings is 2. The summed E-state index contributed by atoms with van der Waals surface area (Å²) in [6, 6.07) is 11.7. The van der Waals surface area contributed by atoms with E-state index in [1.807, 2.05) is 12.1 Å². The molecule has 25 heavy (non-hydrogen) atoms. The summed E-state index contributed by atoms with van der Waals surface area (Å²) >= 11 is -2.52. The molecular formula is C21H29O3S-. The zero-order chi connectivity index (χ0) is 17.9. The van der Waals surface area contributed by atoms with E-state index in [0.29, 0.717) is 5.75 Å². The first-order valence-electron chi connectivity index (χ1n) is 9.49. The van der Waals surface area contributed by atoms with Gasteiger partial charge >= 0.3 is 0 Å². The summed E-state index contributed by atoms with van der Waals surface area (Å²) in [7, 11) is 0. The maximum Gasteiger partial charge on any atom is 0.139 e. The Morgan fingerprint density at radius 2 is 1.44 bits per heavy atom. The largest absolute Gasteiger partial charge is 0.740 e. The van der Waals surface area contributed by atoms with Crippen molar-refractivity contribution in [3.8, 4) is 5.75 Å². The third kappa shape index (κ3) is 7.57. The van der Waals surface area contributed by atoms with Crippen LogP contribution in [0.3, 0.4) is 0 Å². The number of unbranched alkanes of at least 4 members (excludes halogenated alkanes) is 8. The first kappa shape index (κ1) is 19.9. The van der Waals surface area contributed by atoms with Gasteiger partial charge in [-0.25, -0.2) is 4.21 Å². The van der Waals surface area contributed by atoms with Crippen molar-refractivity contribution in [1.82, 2.24) is 0 Å². The van der Waals surface area contributed by atoms with Crippen LogP contribution in [0.5, 0.6) is 5.75 Å². The molecule has 0 saturated heterocycles. The average Bonchev–Trinajstić information content (AvgIpc) is 2.60. The van der Waals surface area contributed by atoms with E-state index in [2.05, 4.69) is 19.1 Å². The highest BCUT2D eigenvalue weighted by molar-refractivity contribution is 7.74. The van der Waals surface area contributed by atoms with Gasteiger partial charge in [0.15, 0.2) is 0 Å². The zero-order valence-electron chi connectivity index (χ0n) is 15.2. The van der Waals surface area contributed by atoms with Crippen LogP contribution >= 0.6 is 0 Å². The minimum absolute atomic E-state index is 0.354. The molecule has 2 aromatic rings. The molecule has 0 aliphatic carbocycles. The minimum Gasteiger partial charge on any atom is -0.740 e. The van der Waals surface area contributed by atoms with Gasteiger partial charge in [0, 0.05) is 0 Å². The van der Waals surface area contributed by atoms with Crippen LogP contribution in [0.1, 0.15) is 70.3 Å². The monoisotopic (exact) mass is 361 g/mol. The molecule has 0 heterocycles. The van der Waals surface area contributed by atoms with Crippen LogP contribution in [0.2, 0.25) is 0 Å². The molecule has 1 unspecified atom stereocenters. The number of hydrogen-bond donors (Lipinski definition) is 0. The Bertz CT molecular complexity index is 669. The van der Waals surface area contributed by atoms with E-state index in [0.717, 1.165) is 17.2 Å². The van der Waals surface area contributed by atoms with Crippen molar-refractivity contribution in [1.29, 1.82) is 0 Å². The molecule has 0 fully saturated rings. The molecular weight excluding hydrogens is 332 g/mol. The van der Waals surface area contributed by atoms with Crippen LogP contribution in [-0.4, -0.2) is 8.76 Å². The third-order valence-electron chi connectivity index (χ3n) is 4.61. The van der Waals surface area contributed by atoms with Crippen LogP contribution in [0.15, 0.2) is 36.4 Å². The molecule has 0 spiro atoms. The fourth-order valence-electron chi connectivity index (χ4n) is 3.20. The van der Waals surface area contributed by atoms with Crippen molar-refractivity contribution in [3.63, 3.8) is 0 Å². The van der Waals surface area contributed by atoms with Crippen molar-refractivity contribution in [2.75, 3.05) is 0 Å². The molecule has 0 bridgehead atoms. The molecule has 2 aromatic carbocycles. The lowest BCUT2D eigenvalue weighted by atomic mass is 10.0. The van der Waals surface area contributed by atoms with Gasteiger partial charge in [-0.3, -0.25) is 0 Å². The van der Waals surface area contributed by atoms with E-state index in [4.69, 9.17) is 4.18 Å². The van der Waals surface area contributed by atoms with Crippen molar-refractivity contribution in [2.45, 2.75) is 71.1 Å². The summed E-state index contributed by atoms with van der Waals surface area (Å²) in [5, 5.41) is 2.12. The van der Waals surface area contributed by atoms with Gasteiger partial charge in [-0.1, -0.05) is 82.6 Å². The van der Waals surface area contributed by atoms with Gasteiger partial charge in [-0.15, -0.1) is 0 Å². The Kier molecular flexibility index (Phi) is 8.98. The summed E-state index contributed by atoms with van der Waals surface area (Å²) < 4.78 is 25.9. The second-order valence-electron chi connectivity index (χ2n) is 6.71. The third-order valence-corrected chi connectivity index (χ3v) is 4.94. The van der Waals surface area contributed by atoms with E-state index in [1.165, 1.54) is 63.4 Å². The second-order valence-corrected chi connectivity index (χ2v) is 7.28. The van der Waals surface area contributed by atoms with E-state index in [-0.39, 0.29) is 0 Å². The van der Waals surface area contributed by atoms with Crippen molar-refractivity contribution >= 4 is 22.1 Å². The predicted molar refractivity (Wildman–Crippen MR) is 104 cm³/mol. The van der Waals surface area contributed by atoms with E-state index >= 15 is 0 Å². The van der Waals surface area contributed by atoms with Crippen LogP contribution in [0.4, 0.5) is 0 Å². The normalized spacial score (nSPS) is 12.4. The van der Waals surface area contributed by atoms with Gasteiger partial charge in [0.2, 0.25) is 0 Å². The topological polar surface area (TPSA) is 49.4 Å². The summed E-state index contributed by atoms with van der Waals surface area (Å²) in [6.45, 7) is 2.26. The Morgan fingerprint density at radius 1 is 0.840 bits per heavy atom. The summed E-state index contributed by atoms with van der Waals surface area (Å²) in [5.74, 6) is 0.354. The van der Waals surface area contributed by atoms with Gasteiger partial charge in [0.1, 0.15) is 17.1 Å². The number of hydrogen-bond acceptors (Lipinski definition) is 3. The van der Waals surface area contributed by atoms with E-state index < -0.39 is 11.4 Å². The highest BCUT2D eigenvalue weighted by Crippen LogP contribution is 2.23. The predicted octanol–water partition coefficient (Wildman–Crippen LogP) is 6.09. The SMILES string of the molecule is CCCCCCCCCCCc1ccc2cc(OS(=O)[O-])ccc2c1. The minimum atomic E-state index is -2.52. The average molecular weight is 362 g/mol. The van der Waals surface area contributed by atoms with Gasteiger partial charge in [0.05, 0.1) is 0 Å². The first-order chi connectivity index (χ1) is 12.2. The summed E-state index contributed by atoms with van der Waals surface area (Å²) in [5.41, 5.74) is 1.34. The zero-order valence-corrected chi connectivity index (χ0v) is 16.0. The molecule has 0 N–H and O–H groups in total. The lowest BCUT2D eigenvalue weighted by Gasteiger charge is -2.09. The maximum absolute atomic E-state index is 10.6. The van der Waals surface area contributed by atoms with Gasteiger partial charge in [-0.2, -0.15) is 0 Å². The van der Waals surface area contributed by atoms with E-state index in [1.54, 1.807) is 12.1 Å². The Hall–Kier alpha value is -1.39. The Labute approximate surface area is 154 Å². The van der Waals surface area contributed by atoms with Gasteiger partial charge < -0.3 is 8.74 Å². The quantitative estimate of drug-likeness (QED) is 0.340. The number of rotatable bonds is 12. The smallest absolute Gasteiger partial charge is 0.139 e. The molecule has 0 aliphatic heterocycles. The Balaban J connectivity index is 1.72. The van der Waals surface area contributed by atoms with Gasteiger partial charge in [0.25, 0.3) is 0 Å². The Morgan fingerprint density at radius 3 is 2.12 bits per heavy atom. The van der Waals surface area contributed by atoms with Crippen LogP contribution in [0, 0.1) is 0 Å². The second kappa shape index (κ2) is 11.3. The summed E-state index contributed by atoms with van der Waals surface area (Å²) in [4.78, 5) is 0. The van der Waals surface area contributed by atoms with Crippen LogP contribution in [0.25, 0.3) is 10.8 Å². The highest BCUT2D eigenvalue weighted by atomic mass is 32.2. The molecule has 0 saturated carbocycles. The van der Waals surface area contributed by atoms with Crippen molar-refractivity contribution in [2.24, 2.45) is 0 Å². The molecule has 3 nitrogen and oxygen atoms in total. The lowest BCUT2D eigenvalue weighted by molar-refractivity contribution is 0.440. The standard InChI is InChI=1S/C21H30O3S/c1-2-3-4-5-6-7-8-9-10-11-18-12-13-20-17-21(24-25(22)23)15-14-19(20)16-18/h12-17H,2-11H2,1H3,(H,22,23)/p-1. The van der Waals surface area contributed by atoms with E-state index in [9.17, 15) is 8.76 Å². The fourth-order valence-corrected chi connectivity index (χ4v) is 3.46. The molecule has 0 amide bonds. The number of fused-ring (bicyclic) bond motifs is 1. The maximum atomic E-state index is 10.6. The van der Waals surface area contributed by atoms with Crippen molar-refractivity contribution < 1.29 is 12.9 Å². The number of aryl methyl sites for hydroxylation is 1. The lowest BCUT2D eigenvalue weighted by Crippen LogP contribution is -1.97. The molecule has 0 aromatic heterocycles. The molecule has 0 radical (unpaired) electrons. The van der Waals surface area contributed by atoms with Gasteiger partial charge in [-0.05, 0) is 41.3 Å². The molecule has 138 valence electrons. The molecule has 1 atom stereocenters. The molecule has 0 aliphatic rings. The highest BCUT2D eigenvalue weighted by Gasteiger charge is 2.01. The van der Waals surface area contributed by atoms with Crippen molar-refractivity contribution in [3.05, 3.63) is 42.0 Å². The van der Waals surface area contributed by atoms with Crippen LogP contribution < -0.4 is 4.18 Å².